The minimum absolute atomic E-state index is 0.612. The van der Waals surface area contributed by atoms with Gasteiger partial charge < -0.3 is 9.47 Å². The first-order chi connectivity index (χ1) is 11.3. The Labute approximate surface area is 138 Å². The highest BCUT2D eigenvalue weighted by molar-refractivity contribution is 5.33. The predicted octanol–water partition coefficient (Wildman–Crippen LogP) is 3.13. The highest BCUT2D eigenvalue weighted by Crippen LogP contribution is 2.22. The lowest BCUT2D eigenvalue weighted by atomic mass is 10.1. The summed E-state index contributed by atoms with van der Waals surface area (Å²) in [6.07, 6.45) is 4.91. The first kappa shape index (κ1) is 16.0. The van der Waals surface area contributed by atoms with Gasteiger partial charge in [-0.25, -0.2) is 0 Å². The van der Waals surface area contributed by atoms with Crippen LogP contribution in [0.4, 0.5) is 0 Å². The second-order valence-electron chi connectivity index (χ2n) is 6.07. The monoisotopic (exact) mass is 312 g/mol. The van der Waals surface area contributed by atoms with E-state index in [-0.39, 0.29) is 0 Å². The van der Waals surface area contributed by atoms with E-state index in [1.54, 1.807) is 7.11 Å². The standard InChI is InChI=1S/C19H24N2O2/c1-22-19-7-3-2-6-18(19)14-21(13-17-8-10-23-15-17)12-16-5-4-9-20-11-16/h2-7,9,11,17H,8,10,12-15H2,1H3. The zero-order valence-electron chi connectivity index (χ0n) is 13.6. The SMILES string of the molecule is COc1ccccc1CN(Cc1cccnc1)CC1CCOC1. The van der Waals surface area contributed by atoms with Crippen LogP contribution in [0.15, 0.2) is 48.8 Å². The zero-order valence-corrected chi connectivity index (χ0v) is 13.6. The van der Waals surface area contributed by atoms with Crippen molar-refractivity contribution in [3.05, 3.63) is 59.9 Å². The molecule has 1 aromatic heterocycles. The van der Waals surface area contributed by atoms with Crippen LogP contribution < -0.4 is 4.74 Å². The summed E-state index contributed by atoms with van der Waals surface area (Å²) in [5.41, 5.74) is 2.46. The fraction of sp³-hybridized carbons (Fsp3) is 0.421. The zero-order chi connectivity index (χ0) is 15.9. The third-order valence-corrected chi connectivity index (χ3v) is 4.26. The predicted molar refractivity (Wildman–Crippen MR) is 90.3 cm³/mol. The van der Waals surface area contributed by atoms with Crippen LogP contribution in [0, 0.1) is 5.92 Å². The van der Waals surface area contributed by atoms with Gasteiger partial charge in [-0.3, -0.25) is 9.88 Å². The second kappa shape index (κ2) is 8.09. The summed E-state index contributed by atoms with van der Waals surface area (Å²) in [7, 11) is 1.73. The molecule has 3 rings (SSSR count). The Balaban J connectivity index is 1.73. The molecule has 0 N–H and O–H groups in total. The van der Waals surface area contributed by atoms with Gasteiger partial charge in [0, 0.05) is 44.2 Å². The van der Waals surface area contributed by atoms with Crippen LogP contribution in [-0.2, 0) is 17.8 Å². The molecule has 23 heavy (non-hydrogen) atoms. The van der Waals surface area contributed by atoms with Crippen molar-refractivity contribution in [3.63, 3.8) is 0 Å². The maximum atomic E-state index is 5.54. The van der Waals surface area contributed by atoms with Crippen molar-refractivity contribution < 1.29 is 9.47 Å². The summed E-state index contributed by atoms with van der Waals surface area (Å²) < 4.78 is 11.0. The third kappa shape index (κ3) is 4.53. The summed E-state index contributed by atoms with van der Waals surface area (Å²) in [6.45, 7) is 4.56. The normalized spacial score (nSPS) is 17.6. The number of para-hydroxylation sites is 1. The van der Waals surface area contributed by atoms with Gasteiger partial charge in [-0.2, -0.15) is 0 Å². The maximum Gasteiger partial charge on any atom is 0.123 e. The van der Waals surface area contributed by atoms with Crippen LogP contribution in [0.3, 0.4) is 0 Å². The number of benzene rings is 1. The largest absolute Gasteiger partial charge is 0.496 e. The van der Waals surface area contributed by atoms with E-state index >= 15 is 0 Å². The molecule has 2 aromatic rings. The van der Waals surface area contributed by atoms with Crippen LogP contribution in [0.1, 0.15) is 17.5 Å². The summed E-state index contributed by atoms with van der Waals surface area (Å²) in [4.78, 5) is 6.70. The summed E-state index contributed by atoms with van der Waals surface area (Å²) in [5.74, 6) is 1.56. The molecular formula is C19H24N2O2. The fourth-order valence-corrected chi connectivity index (χ4v) is 3.10. The van der Waals surface area contributed by atoms with Crippen molar-refractivity contribution in [2.75, 3.05) is 26.9 Å². The molecule has 1 aliphatic rings. The van der Waals surface area contributed by atoms with Gasteiger partial charge in [-0.15, -0.1) is 0 Å². The molecule has 1 fully saturated rings. The Kier molecular flexibility index (Phi) is 5.61. The molecule has 1 unspecified atom stereocenters. The molecule has 4 nitrogen and oxygen atoms in total. The number of ether oxygens (including phenoxy) is 2. The van der Waals surface area contributed by atoms with Gasteiger partial charge in [0.05, 0.1) is 13.7 Å². The highest BCUT2D eigenvalue weighted by Gasteiger charge is 2.20. The van der Waals surface area contributed by atoms with E-state index in [9.17, 15) is 0 Å². The Hall–Kier alpha value is -1.91. The Morgan fingerprint density at radius 3 is 2.87 bits per heavy atom. The smallest absolute Gasteiger partial charge is 0.123 e. The molecule has 0 aliphatic carbocycles. The number of aromatic nitrogens is 1. The average Bonchev–Trinajstić information content (AvgIpc) is 3.09. The molecule has 0 bridgehead atoms. The van der Waals surface area contributed by atoms with Gasteiger partial charge in [0.25, 0.3) is 0 Å². The summed E-state index contributed by atoms with van der Waals surface area (Å²) in [5, 5.41) is 0. The van der Waals surface area contributed by atoms with Crippen molar-refractivity contribution >= 4 is 0 Å². The van der Waals surface area contributed by atoms with Crippen LogP contribution >= 0.6 is 0 Å². The van der Waals surface area contributed by atoms with Gasteiger partial charge >= 0.3 is 0 Å². The van der Waals surface area contributed by atoms with Gasteiger partial charge in [0.2, 0.25) is 0 Å². The molecule has 2 heterocycles. The minimum atomic E-state index is 0.612. The van der Waals surface area contributed by atoms with E-state index in [2.05, 4.69) is 28.1 Å². The molecule has 0 spiro atoms. The molecule has 0 amide bonds. The lowest BCUT2D eigenvalue weighted by Crippen LogP contribution is -2.29. The van der Waals surface area contributed by atoms with E-state index in [4.69, 9.17) is 9.47 Å². The molecule has 1 saturated heterocycles. The van der Waals surface area contributed by atoms with Gasteiger partial charge in [0.1, 0.15) is 5.75 Å². The maximum absolute atomic E-state index is 5.54. The highest BCUT2D eigenvalue weighted by atomic mass is 16.5. The molecule has 0 saturated carbocycles. The number of nitrogens with zero attached hydrogens (tertiary/aromatic N) is 2. The van der Waals surface area contributed by atoms with E-state index < -0.39 is 0 Å². The third-order valence-electron chi connectivity index (χ3n) is 4.26. The summed E-state index contributed by atoms with van der Waals surface area (Å²) in [6, 6.07) is 12.4. The number of hydrogen-bond donors (Lipinski definition) is 0. The van der Waals surface area contributed by atoms with E-state index in [1.807, 2.05) is 30.6 Å². The number of rotatable bonds is 7. The van der Waals surface area contributed by atoms with Gasteiger partial charge in [-0.05, 0) is 30.0 Å². The van der Waals surface area contributed by atoms with Gasteiger partial charge in [0.15, 0.2) is 0 Å². The Morgan fingerprint density at radius 2 is 2.13 bits per heavy atom. The first-order valence-electron chi connectivity index (χ1n) is 8.16. The van der Waals surface area contributed by atoms with Crippen molar-refractivity contribution in [2.24, 2.45) is 5.92 Å². The topological polar surface area (TPSA) is 34.6 Å². The number of pyridine rings is 1. The molecule has 1 aliphatic heterocycles. The lowest BCUT2D eigenvalue weighted by molar-refractivity contribution is 0.161. The second-order valence-corrected chi connectivity index (χ2v) is 6.07. The molecule has 122 valence electrons. The van der Waals surface area contributed by atoms with Crippen LogP contribution in [0.25, 0.3) is 0 Å². The Morgan fingerprint density at radius 1 is 1.22 bits per heavy atom. The molecule has 0 radical (unpaired) electrons. The van der Waals surface area contributed by atoms with Crippen molar-refractivity contribution in [1.82, 2.24) is 9.88 Å². The van der Waals surface area contributed by atoms with E-state index in [0.29, 0.717) is 5.92 Å². The van der Waals surface area contributed by atoms with Crippen molar-refractivity contribution in [3.8, 4) is 5.75 Å². The molecule has 1 atom stereocenters. The van der Waals surface area contributed by atoms with Crippen LogP contribution in [0.2, 0.25) is 0 Å². The van der Waals surface area contributed by atoms with Crippen molar-refractivity contribution in [2.45, 2.75) is 19.5 Å². The molecule has 1 aromatic carbocycles. The minimum Gasteiger partial charge on any atom is -0.496 e. The number of hydrogen-bond acceptors (Lipinski definition) is 4. The quantitative estimate of drug-likeness (QED) is 0.787. The van der Waals surface area contributed by atoms with Crippen molar-refractivity contribution in [1.29, 1.82) is 0 Å². The lowest BCUT2D eigenvalue weighted by Gasteiger charge is -2.25. The Bertz CT molecular complexity index is 597. The fourth-order valence-electron chi connectivity index (χ4n) is 3.10. The number of methoxy groups -OCH3 is 1. The first-order valence-corrected chi connectivity index (χ1v) is 8.16. The average molecular weight is 312 g/mol. The molecular weight excluding hydrogens is 288 g/mol. The summed E-state index contributed by atoms with van der Waals surface area (Å²) >= 11 is 0. The van der Waals surface area contributed by atoms with E-state index in [0.717, 1.165) is 45.0 Å². The van der Waals surface area contributed by atoms with Crippen LogP contribution in [0.5, 0.6) is 5.75 Å². The molecule has 4 heteroatoms. The van der Waals surface area contributed by atoms with Gasteiger partial charge in [-0.1, -0.05) is 24.3 Å². The van der Waals surface area contributed by atoms with Crippen LogP contribution in [-0.4, -0.2) is 36.8 Å². The van der Waals surface area contributed by atoms with E-state index in [1.165, 1.54) is 11.1 Å².